The first-order valence-electron chi connectivity index (χ1n) is 10.4. The number of hydrogen-bond donors (Lipinski definition) is 1. The third-order valence-electron chi connectivity index (χ3n) is 5.07. The first-order valence-corrected chi connectivity index (χ1v) is 10.4. The van der Waals surface area contributed by atoms with Gasteiger partial charge < -0.3 is 19.9 Å². The largest absolute Gasteiger partial charge is 0.487 e. The number of nitrogens with zero attached hydrogens (tertiary/aromatic N) is 3. The molecule has 0 spiro atoms. The monoisotopic (exact) mass is 424 g/mol. The van der Waals surface area contributed by atoms with E-state index in [1.165, 1.54) is 12.1 Å². The third kappa shape index (κ3) is 6.29. The number of likely N-dealkylation sites (N-methyl/N-ethyl adjacent to an activating group) is 1. The number of rotatable bonds is 8. The average Bonchev–Trinajstić information content (AvgIpc) is 2.77. The summed E-state index contributed by atoms with van der Waals surface area (Å²) in [4.78, 5) is 27.7. The van der Waals surface area contributed by atoms with Gasteiger partial charge in [-0.15, -0.1) is 0 Å². The second-order valence-electron chi connectivity index (χ2n) is 7.49. The number of hydrogen-bond acceptors (Lipinski definition) is 6. The minimum absolute atomic E-state index is 0.115. The second-order valence-corrected chi connectivity index (χ2v) is 7.49. The Morgan fingerprint density at radius 1 is 1.16 bits per heavy atom. The zero-order valence-electron chi connectivity index (χ0n) is 17.9. The van der Waals surface area contributed by atoms with Crippen molar-refractivity contribution in [1.29, 1.82) is 0 Å². The predicted octanol–water partition coefficient (Wildman–Crippen LogP) is 3.79. The molecule has 0 atom stereocenters. The van der Waals surface area contributed by atoms with Gasteiger partial charge in [0, 0.05) is 49.7 Å². The average molecular weight is 425 g/mol. The smallest absolute Gasteiger partial charge is 0.311 e. The quantitative estimate of drug-likeness (QED) is 0.394. The number of nitrogens with one attached hydrogen (secondary N) is 1. The van der Waals surface area contributed by atoms with E-state index in [0.29, 0.717) is 17.9 Å². The minimum Gasteiger partial charge on any atom is -0.487 e. The molecular formula is C23H28N4O4. The van der Waals surface area contributed by atoms with E-state index in [1.807, 2.05) is 31.2 Å². The maximum absolute atomic E-state index is 12.3. The van der Waals surface area contributed by atoms with Crippen LogP contribution in [-0.2, 0) is 4.79 Å². The summed E-state index contributed by atoms with van der Waals surface area (Å²) in [6.45, 7) is 6.38. The lowest BCUT2D eigenvalue weighted by molar-refractivity contribution is -0.385. The maximum atomic E-state index is 12.3. The number of nitro benzene ring substituents is 1. The number of amides is 1. The first kappa shape index (κ1) is 22.3. The molecule has 8 heteroatoms. The van der Waals surface area contributed by atoms with Crippen LogP contribution in [0.1, 0.15) is 18.9 Å². The van der Waals surface area contributed by atoms with E-state index in [2.05, 4.69) is 22.2 Å². The molecule has 0 aromatic heterocycles. The zero-order chi connectivity index (χ0) is 22.2. The highest BCUT2D eigenvalue weighted by molar-refractivity contribution is 6.02. The topological polar surface area (TPSA) is 88.0 Å². The van der Waals surface area contributed by atoms with E-state index >= 15 is 0 Å². The fourth-order valence-corrected chi connectivity index (χ4v) is 3.29. The molecule has 1 N–H and O–H groups in total. The molecule has 0 saturated carbocycles. The molecule has 0 radical (unpaired) electrons. The molecule has 8 nitrogen and oxygen atoms in total. The van der Waals surface area contributed by atoms with Crippen LogP contribution >= 0.6 is 0 Å². The van der Waals surface area contributed by atoms with Gasteiger partial charge in [0.05, 0.1) is 11.5 Å². The Bertz CT molecular complexity index is 935. The van der Waals surface area contributed by atoms with Gasteiger partial charge in [-0.05, 0) is 55.4 Å². The van der Waals surface area contributed by atoms with Gasteiger partial charge in [-0.1, -0.05) is 13.0 Å². The standard InChI is InChI=1S/C23H28N4O4/c1-3-16-31-22-10-4-18(17-21(22)27(29)30)5-11-23(28)24-19-6-8-20(9-7-19)26-14-12-25(2)13-15-26/h4-11,17H,3,12-16H2,1-2H3,(H,24,28)/b11-5+. The van der Waals surface area contributed by atoms with Gasteiger partial charge >= 0.3 is 5.69 Å². The van der Waals surface area contributed by atoms with E-state index in [0.717, 1.165) is 38.3 Å². The molecule has 0 aliphatic carbocycles. The minimum atomic E-state index is -0.482. The number of benzene rings is 2. The van der Waals surface area contributed by atoms with Crippen LogP contribution in [0.3, 0.4) is 0 Å². The normalized spacial score (nSPS) is 14.6. The Balaban J connectivity index is 1.60. The molecule has 1 fully saturated rings. The van der Waals surface area contributed by atoms with Crippen LogP contribution in [0.25, 0.3) is 6.08 Å². The molecular weight excluding hydrogens is 396 g/mol. The lowest BCUT2D eigenvalue weighted by Gasteiger charge is -2.34. The van der Waals surface area contributed by atoms with Crippen molar-refractivity contribution in [2.24, 2.45) is 0 Å². The molecule has 2 aromatic rings. The van der Waals surface area contributed by atoms with Crippen molar-refractivity contribution in [3.05, 3.63) is 64.2 Å². The van der Waals surface area contributed by atoms with Crippen LogP contribution in [0, 0.1) is 10.1 Å². The molecule has 2 aromatic carbocycles. The summed E-state index contributed by atoms with van der Waals surface area (Å²) >= 11 is 0. The SMILES string of the molecule is CCCOc1ccc(/C=C/C(=O)Nc2ccc(N3CCN(C)CC3)cc2)cc1[N+](=O)[O-]. The van der Waals surface area contributed by atoms with Gasteiger partial charge in [-0.3, -0.25) is 14.9 Å². The lowest BCUT2D eigenvalue weighted by Crippen LogP contribution is -2.44. The molecule has 0 bridgehead atoms. The molecule has 1 amide bonds. The zero-order valence-corrected chi connectivity index (χ0v) is 17.9. The number of ether oxygens (including phenoxy) is 1. The van der Waals surface area contributed by atoms with E-state index in [9.17, 15) is 14.9 Å². The van der Waals surface area contributed by atoms with Crippen molar-refractivity contribution in [3.8, 4) is 5.75 Å². The molecule has 3 rings (SSSR count). The van der Waals surface area contributed by atoms with E-state index in [4.69, 9.17) is 4.74 Å². The van der Waals surface area contributed by atoms with Crippen LogP contribution < -0.4 is 15.0 Å². The highest BCUT2D eigenvalue weighted by Crippen LogP contribution is 2.28. The lowest BCUT2D eigenvalue weighted by atomic mass is 10.1. The van der Waals surface area contributed by atoms with Gasteiger partial charge in [-0.2, -0.15) is 0 Å². The summed E-state index contributed by atoms with van der Waals surface area (Å²) in [5, 5.41) is 14.1. The molecule has 1 heterocycles. The molecule has 164 valence electrons. The van der Waals surface area contributed by atoms with E-state index in [-0.39, 0.29) is 17.3 Å². The van der Waals surface area contributed by atoms with Gasteiger partial charge in [0.1, 0.15) is 0 Å². The Hall–Kier alpha value is -3.39. The van der Waals surface area contributed by atoms with Crippen molar-refractivity contribution < 1.29 is 14.5 Å². The third-order valence-corrected chi connectivity index (χ3v) is 5.07. The van der Waals surface area contributed by atoms with Crippen LogP contribution in [0.15, 0.2) is 48.5 Å². The van der Waals surface area contributed by atoms with Crippen LogP contribution in [0.2, 0.25) is 0 Å². The van der Waals surface area contributed by atoms with Gasteiger partial charge in [-0.25, -0.2) is 0 Å². The summed E-state index contributed by atoms with van der Waals surface area (Å²) in [5.74, 6) is -0.0739. The highest BCUT2D eigenvalue weighted by atomic mass is 16.6. The van der Waals surface area contributed by atoms with Crippen molar-refractivity contribution in [3.63, 3.8) is 0 Å². The maximum Gasteiger partial charge on any atom is 0.311 e. The Morgan fingerprint density at radius 2 is 1.87 bits per heavy atom. The van der Waals surface area contributed by atoms with Gasteiger partial charge in [0.2, 0.25) is 5.91 Å². The van der Waals surface area contributed by atoms with Crippen molar-refractivity contribution in [1.82, 2.24) is 4.90 Å². The molecule has 1 saturated heterocycles. The van der Waals surface area contributed by atoms with E-state index < -0.39 is 4.92 Å². The molecule has 31 heavy (non-hydrogen) atoms. The summed E-state index contributed by atoms with van der Waals surface area (Å²) < 4.78 is 5.42. The molecule has 1 aliphatic rings. The highest BCUT2D eigenvalue weighted by Gasteiger charge is 2.16. The van der Waals surface area contributed by atoms with Crippen molar-refractivity contribution >= 4 is 29.0 Å². The fraction of sp³-hybridized carbons (Fsp3) is 0.348. The fourth-order valence-electron chi connectivity index (χ4n) is 3.29. The van der Waals surface area contributed by atoms with Crippen LogP contribution in [0.4, 0.5) is 17.1 Å². The van der Waals surface area contributed by atoms with Crippen LogP contribution in [-0.4, -0.2) is 55.6 Å². The van der Waals surface area contributed by atoms with Crippen molar-refractivity contribution in [2.75, 3.05) is 50.1 Å². The van der Waals surface area contributed by atoms with Crippen LogP contribution in [0.5, 0.6) is 5.75 Å². The summed E-state index contributed by atoms with van der Waals surface area (Å²) in [5.41, 5.74) is 2.27. The molecule has 1 aliphatic heterocycles. The van der Waals surface area contributed by atoms with Gasteiger partial charge in [0.25, 0.3) is 0 Å². The van der Waals surface area contributed by atoms with Gasteiger partial charge in [0.15, 0.2) is 5.75 Å². The number of anilines is 2. The Labute approximate surface area is 182 Å². The van der Waals surface area contributed by atoms with E-state index in [1.54, 1.807) is 18.2 Å². The Morgan fingerprint density at radius 3 is 2.52 bits per heavy atom. The number of carbonyl (C=O) groups is 1. The summed E-state index contributed by atoms with van der Waals surface area (Å²) in [6.07, 6.45) is 3.67. The number of carbonyl (C=O) groups excluding carboxylic acids is 1. The predicted molar refractivity (Wildman–Crippen MR) is 123 cm³/mol. The second kappa shape index (κ2) is 10.6. The first-order chi connectivity index (χ1) is 15.0. The summed E-state index contributed by atoms with van der Waals surface area (Å²) in [7, 11) is 2.12. The summed E-state index contributed by atoms with van der Waals surface area (Å²) in [6, 6.07) is 12.4. The molecule has 0 unspecified atom stereocenters. The number of nitro groups is 1. The number of piperazine rings is 1. The Kier molecular flexibility index (Phi) is 7.61. The van der Waals surface area contributed by atoms with Crippen molar-refractivity contribution in [2.45, 2.75) is 13.3 Å².